The highest BCUT2D eigenvalue weighted by Gasteiger charge is 2.35. The highest BCUT2D eigenvalue weighted by molar-refractivity contribution is 7.10. The molecule has 2 aromatic heterocycles. The molecule has 0 N–H and O–H groups in total. The molecule has 0 fully saturated rings. The lowest BCUT2D eigenvalue weighted by Gasteiger charge is -2.24. The van der Waals surface area contributed by atoms with E-state index >= 15 is 0 Å². The minimum Gasteiger partial charge on any atom is -0.493 e. The number of fused-ring (bicyclic) bond motifs is 1. The van der Waals surface area contributed by atoms with E-state index in [1.165, 1.54) is 22.7 Å². The number of methoxy groups -OCH3 is 1. The summed E-state index contributed by atoms with van der Waals surface area (Å²) in [6, 6.07) is 27.4. The van der Waals surface area contributed by atoms with Gasteiger partial charge in [-0.25, -0.2) is 9.79 Å². The number of nitriles is 1. The van der Waals surface area contributed by atoms with Crippen molar-refractivity contribution in [3.63, 3.8) is 0 Å². The van der Waals surface area contributed by atoms with Crippen LogP contribution in [0, 0.1) is 11.3 Å². The van der Waals surface area contributed by atoms with Gasteiger partial charge in [-0.05, 0) is 48.2 Å². The Morgan fingerprint density at radius 2 is 1.84 bits per heavy atom. The molecule has 1 atom stereocenters. The van der Waals surface area contributed by atoms with Crippen molar-refractivity contribution in [1.82, 2.24) is 4.57 Å². The van der Waals surface area contributed by atoms with Gasteiger partial charge in [0.05, 0.1) is 41.2 Å². The number of carbonyl (C=O) groups excluding carboxylic acids is 1. The van der Waals surface area contributed by atoms with Gasteiger partial charge in [-0.2, -0.15) is 5.26 Å². The topological polar surface area (TPSA) is 103 Å². The molecule has 1 aliphatic rings. The Morgan fingerprint density at radius 1 is 1.04 bits per heavy atom. The first-order valence-corrected chi connectivity index (χ1v) is 15.8. The molecule has 3 aromatic carbocycles. The second kappa shape index (κ2) is 13.2. The SMILES string of the molecule is CCOC(=O)C1=C(c2ccccc2)N=c2s/c(=C\c3ccc(OCc4ccccc4C#N)c(OC)c3)c(=O)n2[C@@H]1c1cccs1. The van der Waals surface area contributed by atoms with Crippen molar-refractivity contribution in [2.75, 3.05) is 13.7 Å². The standard InChI is InChI=1S/C35H27N3O5S2/c1-3-42-34(40)30-31(23-10-5-4-6-11-23)37-35-38(32(30)28-14-9-17-44-28)33(39)29(45-35)19-22-15-16-26(27(18-22)41-2)43-21-25-13-8-7-12-24(25)20-36/h4-19,32H,3,21H2,1-2H3/b29-19-/t32-/m1/s1. The molecular weight excluding hydrogens is 607 g/mol. The number of benzene rings is 3. The van der Waals surface area contributed by atoms with E-state index in [9.17, 15) is 14.9 Å². The molecule has 0 unspecified atom stereocenters. The highest BCUT2D eigenvalue weighted by atomic mass is 32.1. The molecule has 45 heavy (non-hydrogen) atoms. The summed E-state index contributed by atoms with van der Waals surface area (Å²) in [5.74, 6) is 0.483. The minimum absolute atomic E-state index is 0.193. The third kappa shape index (κ3) is 5.96. The van der Waals surface area contributed by atoms with Crippen molar-refractivity contribution in [2.45, 2.75) is 19.6 Å². The van der Waals surface area contributed by atoms with Gasteiger partial charge in [-0.3, -0.25) is 9.36 Å². The lowest BCUT2D eigenvalue weighted by molar-refractivity contribution is -0.138. The Morgan fingerprint density at radius 3 is 2.58 bits per heavy atom. The zero-order valence-electron chi connectivity index (χ0n) is 24.4. The van der Waals surface area contributed by atoms with Crippen LogP contribution in [-0.2, 0) is 16.1 Å². The van der Waals surface area contributed by atoms with Crippen LogP contribution in [0.4, 0.5) is 0 Å². The first-order chi connectivity index (χ1) is 22.0. The summed E-state index contributed by atoms with van der Waals surface area (Å²) in [5, 5.41) is 11.3. The number of hydrogen-bond acceptors (Lipinski definition) is 9. The van der Waals surface area contributed by atoms with E-state index < -0.39 is 12.0 Å². The molecule has 0 amide bonds. The Balaban J connectivity index is 1.44. The first-order valence-electron chi connectivity index (χ1n) is 14.1. The summed E-state index contributed by atoms with van der Waals surface area (Å²) in [5.41, 5.74) is 3.35. The molecule has 5 aromatic rings. The average Bonchev–Trinajstić information content (AvgIpc) is 3.72. The van der Waals surface area contributed by atoms with E-state index in [0.29, 0.717) is 37.7 Å². The van der Waals surface area contributed by atoms with Crippen molar-refractivity contribution in [3.8, 4) is 17.6 Å². The van der Waals surface area contributed by atoms with Gasteiger partial charge in [-0.1, -0.05) is 72.0 Å². The third-order valence-electron chi connectivity index (χ3n) is 7.19. The van der Waals surface area contributed by atoms with E-state index in [0.717, 1.165) is 21.6 Å². The summed E-state index contributed by atoms with van der Waals surface area (Å²) in [7, 11) is 1.55. The Hall–Kier alpha value is -5.24. The van der Waals surface area contributed by atoms with Gasteiger partial charge >= 0.3 is 5.97 Å². The largest absolute Gasteiger partial charge is 0.493 e. The molecule has 0 spiro atoms. The number of thiazole rings is 1. The molecular formula is C35H27N3O5S2. The molecule has 0 aliphatic carbocycles. The fourth-order valence-electron chi connectivity index (χ4n) is 5.11. The number of ether oxygens (including phenoxy) is 3. The van der Waals surface area contributed by atoms with E-state index in [4.69, 9.17) is 19.2 Å². The lowest BCUT2D eigenvalue weighted by atomic mass is 9.97. The van der Waals surface area contributed by atoms with Crippen molar-refractivity contribution in [2.24, 2.45) is 4.99 Å². The van der Waals surface area contributed by atoms with Gasteiger partial charge in [0.15, 0.2) is 16.3 Å². The van der Waals surface area contributed by atoms with Crippen LogP contribution in [0.15, 0.2) is 106 Å². The minimum atomic E-state index is -0.695. The van der Waals surface area contributed by atoms with Gasteiger partial charge in [-0.15, -0.1) is 11.3 Å². The number of hydrogen-bond donors (Lipinski definition) is 0. The van der Waals surface area contributed by atoms with E-state index in [2.05, 4.69) is 6.07 Å². The Labute approximate surface area is 267 Å². The molecule has 3 heterocycles. The smallest absolute Gasteiger partial charge is 0.338 e. The maximum atomic E-state index is 14.1. The second-order valence-corrected chi connectivity index (χ2v) is 11.9. The third-order valence-corrected chi connectivity index (χ3v) is 9.10. The number of rotatable bonds is 9. The van der Waals surface area contributed by atoms with Gasteiger partial charge in [0.25, 0.3) is 5.56 Å². The Kier molecular flexibility index (Phi) is 8.73. The highest BCUT2D eigenvalue weighted by Crippen LogP contribution is 2.37. The van der Waals surface area contributed by atoms with Gasteiger partial charge in [0, 0.05) is 16.0 Å². The zero-order chi connectivity index (χ0) is 31.3. The summed E-state index contributed by atoms with van der Waals surface area (Å²) in [6.45, 7) is 2.15. The normalized spacial score (nSPS) is 14.3. The lowest BCUT2D eigenvalue weighted by Crippen LogP contribution is -2.39. The predicted molar refractivity (Wildman–Crippen MR) is 174 cm³/mol. The number of aromatic nitrogens is 1. The zero-order valence-corrected chi connectivity index (χ0v) is 26.1. The van der Waals surface area contributed by atoms with E-state index in [1.54, 1.807) is 42.9 Å². The van der Waals surface area contributed by atoms with Gasteiger partial charge in [0.2, 0.25) is 0 Å². The quantitative estimate of drug-likeness (QED) is 0.200. The fraction of sp³-hybridized carbons (Fsp3) is 0.143. The van der Waals surface area contributed by atoms with Crippen molar-refractivity contribution in [3.05, 3.63) is 143 Å². The number of thiophene rings is 1. The maximum absolute atomic E-state index is 14.1. The fourth-order valence-corrected chi connectivity index (χ4v) is 6.94. The molecule has 6 rings (SSSR count). The number of nitrogens with zero attached hydrogens (tertiary/aromatic N) is 3. The summed E-state index contributed by atoms with van der Waals surface area (Å²) in [4.78, 5) is 33.7. The maximum Gasteiger partial charge on any atom is 0.338 e. The molecule has 10 heteroatoms. The molecule has 0 bridgehead atoms. The number of carbonyl (C=O) groups is 1. The molecule has 8 nitrogen and oxygen atoms in total. The van der Waals surface area contributed by atoms with Crippen LogP contribution in [0.3, 0.4) is 0 Å². The van der Waals surface area contributed by atoms with Crippen LogP contribution in [-0.4, -0.2) is 24.3 Å². The van der Waals surface area contributed by atoms with Gasteiger partial charge in [0.1, 0.15) is 12.6 Å². The summed E-state index contributed by atoms with van der Waals surface area (Å²) < 4.78 is 19.1. The van der Waals surface area contributed by atoms with Crippen molar-refractivity contribution < 1.29 is 19.0 Å². The number of esters is 1. The summed E-state index contributed by atoms with van der Waals surface area (Å²) >= 11 is 2.72. The Bertz CT molecular complexity index is 2120. The van der Waals surface area contributed by atoms with E-state index in [-0.39, 0.29) is 18.8 Å². The monoisotopic (exact) mass is 633 g/mol. The van der Waals surface area contributed by atoms with Crippen molar-refractivity contribution >= 4 is 40.4 Å². The first kappa shape index (κ1) is 29.8. The second-order valence-electron chi connectivity index (χ2n) is 9.91. The van der Waals surface area contributed by atoms with Crippen LogP contribution in [0.2, 0.25) is 0 Å². The van der Waals surface area contributed by atoms with Crippen LogP contribution in [0.1, 0.15) is 40.1 Å². The average molecular weight is 634 g/mol. The van der Waals surface area contributed by atoms with Gasteiger partial charge < -0.3 is 14.2 Å². The van der Waals surface area contributed by atoms with Crippen LogP contribution in [0.5, 0.6) is 11.5 Å². The molecule has 0 radical (unpaired) electrons. The van der Waals surface area contributed by atoms with Crippen LogP contribution in [0.25, 0.3) is 11.8 Å². The predicted octanol–water partition coefficient (Wildman–Crippen LogP) is 5.46. The molecule has 1 aliphatic heterocycles. The van der Waals surface area contributed by atoms with Crippen LogP contribution >= 0.6 is 22.7 Å². The molecule has 0 saturated heterocycles. The van der Waals surface area contributed by atoms with Crippen molar-refractivity contribution in [1.29, 1.82) is 5.26 Å². The summed E-state index contributed by atoms with van der Waals surface area (Å²) in [6.07, 6.45) is 1.78. The molecule has 224 valence electrons. The molecule has 0 saturated carbocycles. The van der Waals surface area contributed by atoms with E-state index in [1.807, 2.05) is 72.1 Å². The van der Waals surface area contributed by atoms with Crippen LogP contribution < -0.4 is 24.4 Å².